The molecule has 7 heteroatoms. The van der Waals surface area contributed by atoms with Gasteiger partial charge in [0.2, 0.25) is 0 Å². The molecule has 1 aliphatic heterocycles. The van der Waals surface area contributed by atoms with Gasteiger partial charge in [-0.25, -0.2) is 0 Å². The number of nitrogens with zero attached hydrogens (tertiary/aromatic N) is 2. The topological polar surface area (TPSA) is 83.7 Å². The fraction of sp³-hybridized carbons (Fsp3) is 0.417. The van der Waals surface area contributed by atoms with E-state index in [4.69, 9.17) is 5.11 Å². The molecule has 1 saturated heterocycles. The van der Waals surface area contributed by atoms with Crippen molar-refractivity contribution in [2.24, 2.45) is 0 Å². The number of benzene rings is 1. The molecule has 1 atom stereocenters. The molecule has 0 bridgehead atoms. The van der Waals surface area contributed by atoms with Crippen LogP contribution in [0.2, 0.25) is 0 Å². The molecule has 0 aromatic heterocycles. The Balaban J connectivity index is 2.19. The molecule has 1 heterocycles. The summed E-state index contributed by atoms with van der Waals surface area (Å²) in [6, 6.07) is 4.39. The van der Waals surface area contributed by atoms with E-state index in [1.807, 2.05) is 33.6 Å². The van der Waals surface area contributed by atoms with Crippen LogP contribution < -0.4 is 0 Å². The molecule has 0 amide bonds. The van der Waals surface area contributed by atoms with Gasteiger partial charge in [0.1, 0.15) is 6.04 Å². The Morgan fingerprint density at radius 2 is 2.26 bits per heavy atom. The van der Waals surface area contributed by atoms with Crippen LogP contribution >= 0.6 is 22.6 Å². The molecule has 102 valence electrons. The normalized spacial score (nSPS) is 19.5. The molecule has 1 N–H and O–H groups in total. The van der Waals surface area contributed by atoms with E-state index in [0.29, 0.717) is 13.0 Å². The lowest BCUT2D eigenvalue weighted by Crippen LogP contribution is -2.35. The summed E-state index contributed by atoms with van der Waals surface area (Å²) in [6.07, 6.45) is 1.49. The van der Waals surface area contributed by atoms with E-state index in [0.717, 1.165) is 22.1 Å². The maximum absolute atomic E-state index is 11.1. The molecule has 0 aliphatic carbocycles. The van der Waals surface area contributed by atoms with Crippen LogP contribution in [0, 0.1) is 13.7 Å². The van der Waals surface area contributed by atoms with Gasteiger partial charge in [-0.3, -0.25) is 19.8 Å². The first-order valence-corrected chi connectivity index (χ1v) is 6.96. The highest BCUT2D eigenvalue weighted by molar-refractivity contribution is 14.1. The molecular weight excluding hydrogens is 363 g/mol. The number of hydrogen-bond donors (Lipinski definition) is 1. The van der Waals surface area contributed by atoms with Gasteiger partial charge in [-0.05, 0) is 53.6 Å². The lowest BCUT2D eigenvalue weighted by atomic mass is 10.1. The van der Waals surface area contributed by atoms with Crippen molar-refractivity contribution in [1.82, 2.24) is 4.90 Å². The van der Waals surface area contributed by atoms with Gasteiger partial charge in [0.25, 0.3) is 5.69 Å². The number of likely N-dealkylation sites (tertiary alicyclic amines) is 1. The van der Waals surface area contributed by atoms with Crippen molar-refractivity contribution in [3.05, 3.63) is 37.4 Å². The van der Waals surface area contributed by atoms with Gasteiger partial charge in [0.05, 0.1) is 4.92 Å². The highest BCUT2D eigenvalue weighted by Gasteiger charge is 2.30. The van der Waals surface area contributed by atoms with E-state index in [1.165, 1.54) is 12.1 Å². The van der Waals surface area contributed by atoms with Gasteiger partial charge in [0, 0.05) is 22.2 Å². The minimum absolute atomic E-state index is 0.0490. The van der Waals surface area contributed by atoms with E-state index in [-0.39, 0.29) is 5.69 Å². The SMILES string of the molecule is O=C(O)[C@H]1CCCN1Cc1cc(I)cc([N+](=O)[O-])c1. The largest absolute Gasteiger partial charge is 0.480 e. The Kier molecular flexibility index (Phi) is 4.35. The number of non-ortho nitro benzene ring substituents is 1. The van der Waals surface area contributed by atoms with E-state index in [9.17, 15) is 14.9 Å². The minimum atomic E-state index is -0.822. The number of carboxylic acid groups (broad SMARTS) is 1. The maximum Gasteiger partial charge on any atom is 0.320 e. The van der Waals surface area contributed by atoms with E-state index < -0.39 is 16.9 Å². The summed E-state index contributed by atoms with van der Waals surface area (Å²) in [7, 11) is 0. The van der Waals surface area contributed by atoms with Crippen LogP contribution in [0.3, 0.4) is 0 Å². The van der Waals surface area contributed by atoms with Gasteiger partial charge in [-0.15, -0.1) is 0 Å². The summed E-state index contributed by atoms with van der Waals surface area (Å²) in [5, 5.41) is 19.9. The van der Waals surface area contributed by atoms with Crippen molar-refractivity contribution < 1.29 is 14.8 Å². The molecule has 0 unspecified atom stereocenters. The molecule has 0 radical (unpaired) electrons. The Morgan fingerprint density at radius 1 is 1.53 bits per heavy atom. The molecule has 2 rings (SSSR count). The third-order valence-corrected chi connectivity index (χ3v) is 3.81. The second kappa shape index (κ2) is 5.83. The molecule has 19 heavy (non-hydrogen) atoms. The molecule has 0 spiro atoms. The van der Waals surface area contributed by atoms with Gasteiger partial charge in [0.15, 0.2) is 0 Å². The summed E-state index contributed by atoms with van der Waals surface area (Å²) in [5.41, 5.74) is 0.833. The van der Waals surface area contributed by atoms with Crippen LogP contribution in [0.1, 0.15) is 18.4 Å². The molecule has 1 fully saturated rings. The van der Waals surface area contributed by atoms with Gasteiger partial charge < -0.3 is 5.11 Å². The number of rotatable bonds is 4. The third kappa shape index (κ3) is 3.41. The molecule has 1 aromatic rings. The van der Waals surface area contributed by atoms with Crippen LogP contribution in [-0.4, -0.2) is 33.5 Å². The summed E-state index contributed by atoms with van der Waals surface area (Å²) in [5.74, 6) is -0.822. The molecule has 1 aliphatic rings. The molecule has 1 aromatic carbocycles. The van der Waals surface area contributed by atoms with Crippen molar-refractivity contribution in [2.75, 3.05) is 6.54 Å². The van der Waals surface area contributed by atoms with Crippen LogP contribution in [0.5, 0.6) is 0 Å². The Bertz CT molecular complexity index is 520. The predicted octanol–water partition coefficient (Wildman–Crippen LogP) is 2.25. The average molecular weight is 376 g/mol. The highest BCUT2D eigenvalue weighted by Crippen LogP contribution is 2.24. The number of aliphatic carboxylic acids is 1. The second-order valence-electron chi connectivity index (χ2n) is 4.54. The predicted molar refractivity (Wildman–Crippen MR) is 76.9 cm³/mol. The number of hydrogen-bond acceptors (Lipinski definition) is 4. The first-order chi connectivity index (χ1) is 8.97. The monoisotopic (exact) mass is 376 g/mol. The van der Waals surface area contributed by atoms with Crippen molar-refractivity contribution in [3.8, 4) is 0 Å². The van der Waals surface area contributed by atoms with Crippen LogP contribution in [0.15, 0.2) is 18.2 Å². The van der Waals surface area contributed by atoms with Crippen molar-refractivity contribution in [1.29, 1.82) is 0 Å². The van der Waals surface area contributed by atoms with Crippen molar-refractivity contribution in [3.63, 3.8) is 0 Å². The number of nitro groups is 1. The quantitative estimate of drug-likeness (QED) is 0.495. The number of nitro benzene ring substituents is 1. The van der Waals surface area contributed by atoms with E-state index in [2.05, 4.69) is 0 Å². The van der Waals surface area contributed by atoms with Crippen LogP contribution in [0.4, 0.5) is 5.69 Å². The minimum Gasteiger partial charge on any atom is -0.480 e. The molecule has 0 saturated carbocycles. The summed E-state index contributed by atoms with van der Waals surface area (Å²) >= 11 is 2.03. The lowest BCUT2D eigenvalue weighted by Gasteiger charge is -2.20. The summed E-state index contributed by atoms with van der Waals surface area (Å²) < 4.78 is 0.785. The second-order valence-corrected chi connectivity index (χ2v) is 5.79. The standard InChI is InChI=1S/C12H13IN2O4/c13-9-4-8(5-10(6-9)15(18)19)7-14-3-1-2-11(14)12(16)17/h4-6,11H,1-3,7H2,(H,16,17)/t11-/m1/s1. The van der Waals surface area contributed by atoms with Crippen LogP contribution in [-0.2, 0) is 11.3 Å². The fourth-order valence-electron chi connectivity index (χ4n) is 2.36. The lowest BCUT2D eigenvalue weighted by molar-refractivity contribution is -0.385. The van der Waals surface area contributed by atoms with Crippen LogP contribution in [0.25, 0.3) is 0 Å². The zero-order valence-corrected chi connectivity index (χ0v) is 12.2. The van der Waals surface area contributed by atoms with Gasteiger partial charge in [-0.1, -0.05) is 0 Å². The smallest absolute Gasteiger partial charge is 0.320 e. The number of carboxylic acids is 1. The van der Waals surface area contributed by atoms with Gasteiger partial charge >= 0.3 is 5.97 Å². The molecular formula is C12H13IN2O4. The zero-order valence-electron chi connectivity index (χ0n) is 10.1. The van der Waals surface area contributed by atoms with Crippen molar-refractivity contribution in [2.45, 2.75) is 25.4 Å². The first-order valence-electron chi connectivity index (χ1n) is 5.88. The maximum atomic E-state index is 11.1. The van der Waals surface area contributed by atoms with Gasteiger partial charge in [-0.2, -0.15) is 0 Å². The Labute approximate surface area is 123 Å². The first kappa shape index (κ1) is 14.2. The zero-order chi connectivity index (χ0) is 14.0. The third-order valence-electron chi connectivity index (χ3n) is 3.19. The Morgan fingerprint density at radius 3 is 2.89 bits per heavy atom. The fourth-order valence-corrected chi connectivity index (χ4v) is 3.08. The molecule has 6 nitrogen and oxygen atoms in total. The number of carbonyl (C=O) groups is 1. The highest BCUT2D eigenvalue weighted by atomic mass is 127. The Hall–Kier alpha value is -1.22. The summed E-state index contributed by atoms with van der Waals surface area (Å²) in [4.78, 5) is 23.3. The average Bonchev–Trinajstić information content (AvgIpc) is 2.76. The number of halogens is 1. The van der Waals surface area contributed by atoms with E-state index in [1.54, 1.807) is 0 Å². The summed E-state index contributed by atoms with van der Waals surface area (Å²) in [6.45, 7) is 1.16. The van der Waals surface area contributed by atoms with Crippen molar-refractivity contribution >= 4 is 34.2 Å². The van der Waals surface area contributed by atoms with E-state index >= 15 is 0 Å².